The number of benzene rings is 3. The Morgan fingerprint density at radius 1 is 0.931 bits per heavy atom. The molecule has 0 aliphatic carbocycles. The lowest BCUT2D eigenvalue weighted by atomic mass is 10.1. The largest absolute Gasteiger partial charge is 0.391 e. The molecule has 1 unspecified atom stereocenters. The van der Waals surface area contributed by atoms with E-state index < -0.39 is 0 Å². The maximum absolute atomic E-state index is 13.7. The summed E-state index contributed by atoms with van der Waals surface area (Å²) in [7, 11) is 0. The zero-order valence-corrected chi connectivity index (χ0v) is 16.0. The molecule has 0 fully saturated rings. The first kappa shape index (κ1) is 18.7. The Morgan fingerprint density at radius 3 is 2.41 bits per heavy atom. The molecule has 0 amide bonds. The molecule has 0 saturated heterocycles. The van der Waals surface area contributed by atoms with Gasteiger partial charge >= 0.3 is 0 Å². The highest BCUT2D eigenvalue weighted by Gasteiger charge is 2.22. The summed E-state index contributed by atoms with van der Waals surface area (Å²) in [6, 6.07) is 24.5. The summed E-state index contributed by atoms with van der Waals surface area (Å²) in [5.41, 5.74) is 4.99. The normalized spacial score (nSPS) is 16.0. The Morgan fingerprint density at radius 2 is 1.66 bits per heavy atom. The third-order valence-corrected chi connectivity index (χ3v) is 4.61. The molecule has 1 aliphatic rings. The zero-order valence-electron chi connectivity index (χ0n) is 16.0. The van der Waals surface area contributed by atoms with E-state index in [1.54, 1.807) is 24.4 Å². The minimum absolute atomic E-state index is 0.0512. The highest BCUT2D eigenvalue weighted by molar-refractivity contribution is 6.67. The van der Waals surface area contributed by atoms with E-state index in [4.69, 9.17) is 14.8 Å². The van der Waals surface area contributed by atoms with E-state index in [0.717, 1.165) is 16.8 Å². The second kappa shape index (κ2) is 8.61. The Hall–Kier alpha value is -3.60. The number of aliphatic imine (C=N–C) groups is 2. The van der Waals surface area contributed by atoms with E-state index in [9.17, 15) is 4.39 Å². The van der Waals surface area contributed by atoms with Gasteiger partial charge in [0.15, 0.2) is 6.17 Å². The van der Waals surface area contributed by atoms with Crippen molar-refractivity contribution in [3.8, 4) is 0 Å². The number of nitrogens with zero attached hydrogens (tertiary/aromatic N) is 3. The molecule has 5 heteroatoms. The van der Waals surface area contributed by atoms with E-state index in [0.29, 0.717) is 11.3 Å². The van der Waals surface area contributed by atoms with Crippen molar-refractivity contribution < 1.29 is 9.23 Å². The lowest BCUT2D eigenvalue weighted by Gasteiger charge is -2.04. The fourth-order valence-corrected chi connectivity index (χ4v) is 3.02. The van der Waals surface area contributed by atoms with Crippen LogP contribution < -0.4 is 0 Å². The topological polar surface area (TPSA) is 46.3 Å². The quantitative estimate of drug-likeness (QED) is 0.421. The molecule has 1 aliphatic heterocycles. The third kappa shape index (κ3) is 4.46. The van der Waals surface area contributed by atoms with Crippen molar-refractivity contribution >= 4 is 17.6 Å². The van der Waals surface area contributed by atoms with Gasteiger partial charge in [-0.25, -0.2) is 9.38 Å². The van der Waals surface area contributed by atoms with Gasteiger partial charge in [0, 0.05) is 11.1 Å². The summed E-state index contributed by atoms with van der Waals surface area (Å²) in [5.74, 6) is -0.313. The molecule has 0 radical (unpaired) electrons. The van der Waals surface area contributed by atoms with Crippen molar-refractivity contribution in [3.63, 3.8) is 0 Å². The molecule has 4 nitrogen and oxygen atoms in total. The average molecular weight is 385 g/mol. The molecule has 29 heavy (non-hydrogen) atoms. The Balaban J connectivity index is 1.56. The molecule has 144 valence electrons. The number of oxime groups is 1. The smallest absolute Gasteiger partial charge is 0.166 e. The van der Waals surface area contributed by atoms with Gasteiger partial charge in [-0.3, -0.25) is 4.99 Å². The summed E-state index contributed by atoms with van der Waals surface area (Å²) >= 11 is 0. The van der Waals surface area contributed by atoms with Crippen LogP contribution in [0.25, 0.3) is 0 Å². The molecule has 1 atom stereocenters. The van der Waals surface area contributed by atoms with Crippen molar-refractivity contribution in [3.05, 3.63) is 107 Å². The van der Waals surface area contributed by atoms with E-state index in [-0.39, 0.29) is 18.6 Å². The van der Waals surface area contributed by atoms with Crippen LogP contribution in [0.3, 0.4) is 0 Å². The molecular formula is C24H20FN3O. The highest BCUT2D eigenvalue weighted by Crippen LogP contribution is 2.25. The maximum Gasteiger partial charge on any atom is 0.166 e. The van der Waals surface area contributed by atoms with Gasteiger partial charge in [0.25, 0.3) is 0 Å². The molecule has 4 rings (SSSR count). The minimum Gasteiger partial charge on any atom is -0.391 e. The third-order valence-electron chi connectivity index (χ3n) is 4.61. The number of aryl methyl sites for hydroxylation is 1. The fraction of sp³-hybridized carbons (Fsp3) is 0.125. The molecule has 0 saturated carbocycles. The summed E-state index contributed by atoms with van der Waals surface area (Å²) < 4.78 is 13.7. The number of hydrogen-bond donors (Lipinski definition) is 0. The van der Waals surface area contributed by atoms with E-state index in [2.05, 4.69) is 5.16 Å². The predicted octanol–water partition coefficient (Wildman–Crippen LogP) is 5.28. The van der Waals surface area contributed by atoms with Gasteiger partial charge in [0.05, 0.1) is 11.9 Å². The maximum atomic E-state index is 13.7. The summed E-state index contributed by atoms with van der Waals surface area (Å²) in [6.45, 7) is 2.09. The number of halogens is 1. The summed E-state index contributed by atoms with van der Waals surface area (Å²) in [4.78, 5) is 14.8. The van der Waals surface area contributed by atoms with Gasteiger partial charge in [-0.05, 0) is 18.6 Å². The lowest BCUT2D eigenvalue weighted by Crippen LogP contribution is -2.14. The second-order valence-electron chi connectivity index (χ2n) is 6.74. The first-order valence-electron chi connectivity index (χ1n) is 9.37. The molecule has 0 aromatic heterocycles. The van der Waals surface area contributed by atoms with E-state index >= 15 is 0 Å². The molecule has 0 spiro atoms. The molecule has 3 aromatic carbocycles. The molecule has 0 N–H and O–H groups in total. The van der Waals surface area contributed by atoms with Crippen molar-refractivity contribution in [2.24, 2.45) is 15.1 Å². The van der Waals surface area contributed by atoms with Crippen LogP contribution in [0.1, 0.15) is 28.4 Å². The van der Waals surface area contributed by atoms with Crippen LogP contribution in [0.15, 0.2) is 94.0 Å². The van der Waals surface area contributed by atoms with Gasteiger partial charge in [-0.2, -0.15) is 0 Å². The minimum atomic E-state index is -0.319. The lowest BCUT2D eigenvalue weighted by molar-refractivity contribution is 0.130. The van der Waals surface area contributed by atoms with Crippen molar-refractivity contribution in [1.82, 2.24) is 0 Å². The van der Waals surface area contributed by atoms with Crippen LogP contribution in [0.5, 0.6) is 0 Å². The predicted molar refractivity (Wildman–Crippen MR) is 114 cm³/mol. The molecule has 1 heterocycles. The average Bonchev–Trinajstić information content (AvgIpc) is 3.18. The molecule has 0 bridgehead atoms. The first-order chi connectivity index (χ1) is 14.2. The van der Waals surface area contributed by atoms with Crippen LogP contribution in [-0.4, -0.2) is 17.6 Å². The second-order valence-corrected chi connectivity index (χ2v) is 6.74. The first-order valence-corrected chi connectivity index (χ1v) is 9.37. The van der Waals surface area contributed by atoms with Crippen LogP contribution in [0, 0.1) is 12.7 Å². The van der Waals surface area contributed by atoms with Crippen LogP contribution in [0.4, 0.5) is 4.39 Å². The summed E-state index contributed by atoms with van der Waals surface area (Å²) in [6.07, 6.45) is 1.23. The van der Waals surface area contributed by atoms with Crippen LogP contribution >= 0.6 is 0 Å². The van der Waals surface area contributed by atoms with Gasteiger partial charge in [0.1, 0.15) is 18.1 Å². The van der Waals surface area contributed by atoms with E-state index in [1.165, 1.54) is 11.6 Å². The Labute approximate surface area is 169 Å². The van der Waals surface area contributed by atoms with Crippen LogP contribution in [0.2, 0.25) is 0 Å². The number of rotatable bonds is 6. The molecular weight excluding hydrogens is 365 g/mol. The SMILES string of the molecule is Cc1ccc(C2=NC(c3ccccc3)N=C2/C=N/OCc2ccccc2F)cc1. The standard InChI is InChI=1S/C24H20FN3O/c1-17-11-13-18(14-12-17)23-22(27-24(28-23)19-7-3-2-4-8-19)15-26-29-16-20-9-5-6-10-21(20)25/h2-15,24H,16H2,1H3/b26-15+. The van der Waals surface area contributed by atoms with Crippen molar-refractivity contribution in [2.45, 2.75) is 19.7 Å². The van der Waals surface area contributed by atoms with Gasteiger partial charge in [0.2, 0.25) is 0 Å². The Bertz CT molecular complexity index is 1070. The monoisotopic (exact) mass is 385 g/mol. The van der Waals surface area contributed by atoms with Crippen molar-refractivity contribution in [2.75, 3.05) is 0 Å². The molecule has 3 aromatic rings. The summed E-state index contributed by atoms with van der Waals surface area (Å²) in [5, 5.41) is 4.01. The van der Waals surface area contributed by atoms with Gasteiger partial charge in [-0.15, -0.1) is 0 Å². The van der Waals surface area contributed by atoms with Gasteiger partial charge in [-0.1, -0.05) is 83.5 Å². The fourth-order valence-electron chi connectivity index (χ4n) is 3.02. The Kier molecular flexibility index (Phi) is 5.56. The van der Waals surface area contributed by atoms with Gasteiger partial charge < -0.3 is 4.84 Å². The zero-order chi connectivity index (χ0) is 20.1. The van der Waals surface area contributed by atoms with Crippen molar-refractivity contribution in [1.29, 1.82) is 0 Å². The van der Waals surface area contributed by atoms with Crippen LogP contribution in [-0.2, 0) is 11.4 Å². The highest BCUT2D eigenvalue weighted by atomic mass is 19.1. The number of hydrogen-bond acceptors (Lipinski definition) is 4. The van der Waals surface area contributed by atoms with E-state index in [1.807, 2.05) is 61.5 Å².